The van der Waals surface area contributed by atoms with Crippen LogP contribution in [0.1, 0.15) is 47.1 Å². The number of carbonyl (C=O) groups excluding carboxylic acids is 1. The fraction of sp³-hybridized carbons (Fsp3) is 0.364. The van der Waals surface area contributed by atoms with Gasteiger partial charge in [-0.15, -0.1) is 0 Å². The SMILES string of the molecule is Cc1nn(-c2ccccc2)c(Cl)c1C(=O)NC[C@@H](c1ccco1)N1CCCCC1. The molecule has 0 radical (unpaired) electrons. The fourth-order valence-electron chi connectivity index (χ4n) is 3.90. The van der Waals surface area contributed by atoms with Gasteiger partial charge in [0.05, 0.1) is 29.2 Å². The molecule has 0 aliphatic carbocycles. The number of nitrogens with one attached hydrogen (secondary N) is 1. The van der Waals surface area contributed by atoms with E-state index in [0.29, 0.717) is 23.0 Å². The Morgan fingerprint density at radius 3 is 2.62 bits per heavy atom. The number of piperidine rings is 1. The van der Waals surface area contributed by atoms with E-state index < -0.39 is 0 Å². The lowest BCUT2D eigenvalue weighted by atomic mass is 10.1. The summed E-state index contributed by atoms with van der Waals surface area (Å²) >= 11 is 6.53. The molecule has 3 heterocycles. The van der Waals surface area contributed by atoms with E-state index in [9.17, 15) is 4.79 Å². The van der Waals surface area contributed by atoms with Crippen LogP contribution in [0.25, 0.3) is 5.69 Å². The molecular weight excluding hydrogens is 388 g/mol. The standard InChI is InChI=1S/C22H25ClN4O2/c1-16-20(21(23)27(25-16)17-9-4-2-5-10-17)22(28)24-15-18(19-11-8-14-29-19)26-12-6-3-7-13-26/h2,4-5,8-11,14,18H,3,6-7,12-13,15H2,1H3,(H,24,28)/t18-/m0/s1. The van der Waals surface area contributed by atoms with E-state index in [1.54, 1.807) is 17.9 Å². The smallest absolute Gasteiger partial charge is 0.256 e. The first-order valence-electron chi connectivity index (χ1n) is 10.0. The van der Waals surface area contributed by atoms with Gasteiger partial charge in [0.25, 0.3) is 5.91 Å². The topological polar surface area (TPSA) is 63.3 Å². The summed E-state index contributed by atoms with van der Waals surface area (Å²) in [5, 5.41) is 7.83. The highest BCUT2D eigenvalue weighted by molar-refractivity contribution is 6.33. The van der Waals surface area contributed by atoms with Crippen molar-refractivity contribution in [1.82, 2.24) is 20.0 Å². The highest BCUT2D eigenvalue weighted by atomic mass is 35.5. The number of halogens is 1. The van der Waals surface area contributed by atoms with Crippen molar-refractivity contribution in [1.29, 1.82) is 0 Å². The molecule has 0 saturated carbocycles. The Bertz CT molecular complexity index is 947. The average Bonchev–Trinajstić information content (AvgIpc) is 3.38. The number of likely N-dealkylation sites (tertiary alicyclic amines) is 1. The molecule has 29 heavy (non-hydrogen) atoms. The number of furan rings is 1. The maximum Gasteiger partial charge on any atom is 0.256 e. The van der Waals surface area contributed by atoms with Crippen LogP contribution in [0, 0.1) is 6.92 Å². The van der Waals surface area contributed by atoms with Gasteiger partial charge in [0.15, 0.2) is 0 Å². The number of amides is 1. The number of benzene rings is 1. The van der Waals surface area contributed by atoms with Crippen molar-refractivity contribution in [2.24, 2.45) is 0 Å². The van der Waals surface area contributed by atoms with Crippen molar-refractivity contribution in [2.45, 2.75) is 32.2 Å². The third kappa shape index (κ3) is 4.23. The minimum Gasteiger partial charge on any atom is -0.468 e. The fourth-order valence-corrected chi connectivity index (χ4v) is 4.25. The Kier molecular flexibility index (Phi) is 6.02. The molecule has 1 fully saturated rings. The minimum atomic E-state index is -0.219. The molecule has 7 heteroatoms. The van der Waals surface area contributed by atoms with Crippen molar-refractivity contribution < 1.29 is 9.21 Å². The predicted octanol–water partition coefficient (Wildman–Crippen LogP) is 4.38. The van der Waals surface area contributed by atoms with Gasteiger partial charge in [-0.2, -0.15) is 5.10 Å². The third-order valence-corrected chi connectivity index (χ3v) is 5.74. The minimum absolute atomic E-state index is 0.0116. The zero-order valence-corrected chi connectivity index (χ0v) is 17.2. The summed E-state index contributed by atoms with van der Waals surface area (Å²) in [5.74, 6) is 0.651. The second-order valence-corrected chi connectivity index (χ2v) is 7.69. The van der Waals surface area contributed by atoms with E-state index in [-0.39, 0.29) is 11.9 Å². The van der Waals surface area contributed by atoms with E-state index in [0.717, 1.165) is 24.5 Å². The molecule has 1 amide bonds. The largest absolute Gasteiger partial charge is 0.468 e. The van der Waals surface area contributed by atoms with Crippen LogP contribution in [0.3, 0.4) is 0 Å². The number of hydrogen-bond donors (Lipinski definition) is 1. The summed E-state index contributed by atoms with van der Waals surface area (Å²) < 4.78 is 7.26. The van der Waals surface area contributed by atoms with Gasteiger partial charge in [0.1, 0.15) is 10.9 Å². The van der Waals surface area contributed by atoms with Crippen LogP contribution >= 0.6 is 11.6 Å². The molecule has 1 N–H and O–H groups in total. The second-order valence-electron chi connectivity index (χ2n) is 7.34. The molecule has 1 saturated heterocycles. The number of rotatable bonds is 6. The molecule has 1 atom stereocenters. The molecule has 6 nitrogen and oxygen atoms in total. The lowest BCUT2D eigenvalue weighted by Crippen LogP contribution is -2.40. The first-order chi connectivity index (χ1) is 14.1. The van der Waals surface area contributed by atoms with Crippen LogP contribution in [0.15, 0.2) is 53.1 Å². The average molecular weight is 413 g/mol. The van der Waals surface area contributed by atoms with Crippen LogP contribution in [-0.2, 0) is 0 Å². The lowest BCUT2D eigenvalue weighted by molar-refractivity contribution is 0.0913. The summed E-state index contributed by atoms with van der Waals surface area (Å²) in [7, 11) is 0. The summed E-state index contributed by atoms with van der Waals surface area (Å²) in [6, 6.07) is 13.4. The quantitative estimate of drug-likeness (QED) is 0.652. The first-order valence-corrected chi connectivity index (χ1v) is 10.4. The van der Waals surface area contributed by atoms with Crippen LogP contribution in [0.5, 0.6) is 0 Å². The van der Waals surface area contributed by atoms with Gasteiger partial charge in [0.2, 0.25) is 0 Å². The van der Waals surface area contributed by atoms with Crippen molar-refractivity contribution in [3.05, 3.63) is 70.9 Å². The van der Waals surface area contributed by atoms with Crippen molar-refractivity contribution in [3.8, 4) is 5.69 Å². The molecule has 4 rings (SSSR count). The molecule has 2 aromatic heterocycles. The second kappa shape index (κ2) is 8.84. The summed E-state index contributed by atoms with van der Waals surface area (Å²) in [4.78, 5) is 15.4. The Morgan fingerprint density at radius 2 is 1.93 bits per heavy atom. The number of nitrogens with zero attached hydrogens (tertiary/aromatic N) is 3. The highest BCUT2D eigenvalue weighted by Gasteiger charge is 2.27. The monoisotopic (exact) mass is 412 g/mol. The molecule has 1 aromatic carbocycles. The number of hydrogen-bond acceptors (Lipinski definition) is 4. The van der Waals surface area contributed by atoms with Gasteiger partial charge >= 0.3 is 0 Å². The molecule has 152 valence electrons. The van der Waals surface area contributed by atoms with Gasteiger partial charge in [-0.1, -0.05) is 36.2 Å². The maximum absolute atomic E-state index is 13.0. The highest BCUT2D eigenvalue weighted by Crippen LogP contribution is 2.26. The predicted molar refractivity (Wildman–Crippen MR) is 113 cm³/mol. The van der Waals surface area contributed by atoms with Gasteiger partial charge in [-0.3, -0.25) is 9.69 Å². The Labute approximate surface area is 175 Å². The first kappa shape index (κ1) is 19.7. The van der Waals surface area contributed by atoms with Crippen molar-refractivity contribution in [3.63, 3.8) is 0 Å². The molecule has 0 unspecified atom stereocenters. The van der Waals surface area contributed by atoms with Crippen LogP contribution in [0.4, 0.5) is 0 Å². The van der Waals surface area contributed by atoms with Gasteiger partial charge in [0, 0.05) is 6.54 Å². The van der Waals surface area contributed by atoms with E-state index >= 15 is 0 Å². The van der Waals surface area contributed by atoms with Crippen LogP contribution in [0.2, 0.25) is 5.15 Å². The maximum atomic E-state index is 13.0. The van der Waals surface area contributed by atoms with E-state index in [4.69, 9.17) is 16.0 Å². The number of para-hydroxylation sites is 1. The molecule has 1 aliphatic rings. The third-order valence-electron chi connectivity index (χ3n) is 5.39. The summed E-state index contributed by atoms with van der Waals surface area (Å²) in [5.41, 5.74) is 1.83. The van der Waals surface area contributed by atoms with E-state index in [2.05, 4.69) is 15.3 Å². The Balaban J connectivity index is 1.52. The van der Waals surface area contributed by atoms with Crippen molar-refractivity contribution in [2.75, 3.05) is 19.6 Å². The summed E-state index contributed by atoms with van der Waals surface area (Å²) in [6.07, 6.45) is 5.26. The Hall–Kier alpha value is -2.57. The number of aromatic nitrogens is 2. The summed E-state index contributed by atoms with van der Waals surface area (Å²) in [6.45, 7) is 4.27. The van der Waals surface area contributed by atoms with Gasteiger partial charge < -0.3 is 9.73 Å². The van der Waals surface area contributed by atoms with Crippen molar-refractivity contribution >= 4 is 17.5 Å². The molecular formula is C22H25ClN4O2. The molecule has 3 aromatic rings. The normalized spacial score (nSPS) is 15.9. The lowest BCUT2D eigenvalue weighted by Gasteiger charge is -2.33. The zero-order valence-electron chi connectivity index (χ0n) is 16.5. The molecule has 0 spiro atoms. The van der Waals surface area contributed by atoms with E-state index in [1.165, 1.54) is 19.3 Å². The van der Waals surface area contributed by atoms with Crippen LogP contribution < -0.4 is 5.32 Å². The van der Waals surface area contributed by atoms with Gasteiger partial charge in [-0.25, -0.2) is 4.68 Å². The van der Waals surface area contributed by atoms with Gasteiger partial charge in [-0.05, 0) is 57.1 Å². The molecule has 0 bridgehead atoms. The van der Waals surface area contributed by atoms with Crippen LogP contribution in [-0.4, -0.2) is 40.2 Å². The van der Waals surface area contributed by atoms with E-state index in [1.807, 2.05) is 42.5 Å². The zero-order chi connectivity index (χ0) is 20.2. The Morgan fingerprint density at radius 1 is 1.17 bits per heavy atom. The number of aryl methyl sites for hydroxylation is 1. The number of carbonyl (C=O) groups is 1. The molecule has 1 aliphatic heterocycles.